The van der Waals surface area contributed by atoms with Crippen molar-refractivity contribution in [2.45, 2.75) is 19.3 Å². The van der Waals surface area contributed by atoms with Crippen LogP contribution in [0.5, 0.6) is 0 Å². The van der Waals surface area contributed by atoms with Gasteiger partial charge >= 0.3 is 0 Å². The quantitative estimate of drug-likeness (QED) is 0.151. The van der Waals surface area contributed by atoms with Gasteiger partial charge in [0.1, 0.15) is 0 Å². The normalized spacial score (nSPS) is 12.6. The molecular formula is C57H42N2S. The highest BCUT2D eigenvalue weighted by Crippen LogP contribution is 2.52. The van der Waals surface area contributed by atoms with Crippen LogP contribution in [0.25, 0.3) is 53.6 Å². The van der Waals surface area contributed by atoms with Crippen LogP contribution >= 0.6 is 11.3 Å². The van der Waals surface area contributed by atoms with Gasteiger partial charge in [0, 0.05) is 54.9 Å². The fourth-order valence-corrected chi connectivity index (χ4v) is 10.6. The van der Waals surface area contributed by atoms with Crippen molar-refractivity contribution < 1.29 is 0 Å². The minimum absolute atomic E-state index is 0.0962. The Balaban J connectivity index is 1.08. The lowest BCUT2D eigenvalue weighted by atomic mass is 9.82. The third-order valence-electron chi connectivity index (χ3n) is 12.2. The van der Waals surface area contributed by atoms with Crippen molar-refractivity contribution in [2.75, 3.05) is 9.80 Å². The van der Waals surface area contributed by atoms with Crippen molar-refractivity contribution in [3.8, 4) is 33.4 Å². The molecular weight excluding hydrogens is 745 g/mol. The Labute approximate surface area is 355 Å². The average molecular weight is 787 g/mol. The molecule has 0 spiro atoms. The molecule has 10 aromatic rings. The Bertz CT molecular complexity index is 3170. The minimum Gasteiger partial charge on any atom is -0.310 e. The summed E-state index contributed by atoms with van der Waals surface area (Å²) in [7, 11) is 0. The second kappa shape index (κ2) is 14.6. The topological polar surface area (TPSA) is 6.48 Å². The predicted octanol–water partition coefficient (Wildman–Crippen LogP) is 16.6. The van der Waals surface area contributed by atoms with Crippen molar-refractivity contribution >= 4 is 65.6 Å². The fraction of sp³-hybridized carbons (Fsp3) is 0.0526. The zero-order valence-corrected chi connectivity index (χ0v) is 34.4. The molecule has 1 aliphatic carbocycles. The molecule has 0 saturated heterocycles. The summed E-state index contributed by atoms with van der Waals surface area (Å²) in [5.41, 5.74) is 16.8. The van der Waals surface area contributed by atoms with E-state index in [1.807, 2.05) is 11.3 Å². The number of benzene rings is 9. The molecule has 2 nitrogen and oxygen atoms in total. The van der Waals surface area contributed by atoms with Gasteiger partial charge in [-0.3, -0.25) is 0 Å². The zero-order valence-electron chi connectivity index (χ0n) is 33.6. The summed E-state index contributed by atoms with van der Waals surface area (Å²) in [6.07, 6.45) is 0. The van der Waals surface area contributed by atoms with Crippen LogP contribution in [0.4, 0.5) is 34.1 Å². The van der Waals surface area contributed by atoms with Crippen LogP contribution in [0.3, 0.4) is 0 Å². The summed E-state index contributed by atoms with van der Waals surface area (Å²) in [6.45, 7) is 4.70. The molecule has 60 heavy (non-hydrogen) atoms. The number of rotatable bonds is 8. The van der Waals surface area contributed by atoms with Gasteiger partial charge in [0.25, 0.3) is 0 Å². The Morgan fingerprint density at radius 2 is 0.900 bits per heavy atom. The van der Waals surface area contributed by atoms with Crippen LogP contribution in [0.15, 0.2) is 218 Å². The van der Waals surface area contributed by atoms with E-state index in [1.165, 1.54) is 64.8 Å². The van der Waals surface area contributed by atoms with E-state index in [0.717, 1.165) is 34.0 Å². The number of para-hydroxylation sites is 2. The Kier molecular flexibility index (Phi) is 8.72. The molecule has 1 heterocycles. The number of thiophene rings is 1. The van der Waals surface area contributed by atoms with Gasteiger partial charge in [-0.05, 0) is 106 Å². The van der Waals surface area contributed by atoms with Crippen molar-refractivity contribution in [1.29, 1.82) is 0 Å². The van der Waals surface area contributed by atoms with E-state index >= 15 is 0 Å². The van der Waals surface area contributed by atoms with Gasteiger partial charge in [0.05, 0.1) is 10.4 Å². The molecule has 9 aromatic carbocycles. The summed E-state index contributed by atoms with van der Waals surface area (Å²) < 4.78 is 2.55. The highest BCUT2D eigenvalue weighted by Gasteiger charge is 2.35. The van der Waals surface area contributed by atoms with Gasteiger partial charge in [0.2, 0.25) is 0 Å². The minimum atomic E-state index is -0.0962. The zero-order chi connectivity index (χ0) is 40.2. The lowest BCUT2D eigenvalue weighted by Crippen LogP contribution is -2.16. The van der Waals surface area contributed by atoms with Crippen molar-refractivity contribution in [1.82, 2.24) is 0 Å². The summed E-state index contributed by atoms with van der Waals surface area (Å²) in [5, 5.41) is 2.55. The fourth-order valence-electron chi connectivity index (χ4n) is 9.31. The Morgan fingerprint density at radius 3 is 1.67 bits per heavy atom. The van der Waals surface area contributed by atoms with Gasteiger partial charge in [-0.25, -0.2) is 0 Å². The van der Waals surface area contributed by atoms with E-state index in [1.54, 1.807) is 0 Å². The summed E-state index contributed by atoms with van der Waals surface area (Å²) >= 11 is 1.87. The first-order valence-corrected chi connectivity index (χ1v) is 21.5. The number of nitrogens with zero attached hydrogens (tertiary/aromatic N) is 2. The average Bonchev–Trinajstić information content (AvgIpc) is 3.80. The van der Waals surface area contributed by atoms with Crippen molar-refractivity contribution in [2.24, 2.45) is 0 Å². The maximum atomic E-state index is 2.47. The molecule has 0 radical (unpaired) electrons. The van der Waals surface area contributed by atoms with E-state index in [4.69, 9.17) is 0 Å². The highest BCUT2D eigenvalue weighted by atomic mass is 32.1. The highest BCUT2D eigenvalue weighted by molar-refractivity contribution is 7.26. The standard InChI is InChI=1S/C57H42N2S/c1-57(2)52-27-14-12-25-48(52)49-34-33-46(38-53(49)57)58(42-20-8-4-9-21-42)44-31-29-40(30-32-44)47-35-36-51-50-26-13-15-28-54(50)60-56(51)55(47)59(43-22-10-5-11-23-43)45-24-16-19-41(37-45)39-17-6-3-7-18-39/h3-38H,1-2H3. The van der Waals surface area contributed by atoms with Gasteiger partial charge in [-0.1, -0.05) is 166 Å². The van der Waals surface area contributed by atoms with E-state index in [9.17, 15) is 0 Å². The monoisotopic (exact) mass is 786 g/mol. The van der Waals surface area contributed by atoms with Crippen LogP contribution in [0.1, 0.15) is 25.0 Å². The van der Waals surface area contributed by atoms with Gasteiger partial charge in [-0.2, -0.15) is 0 Å². The molecule has 0 atom stereocenters. The van der Waals surface area contributed by atoms with Crippen LogP contribution in [0, 0.1) is 0 Å². The molecule has 0 amide bonds. The van der Waals surface area contributed by atoms with Crippen LogP contribution in [-0.4, -0.2) is 0 Å². The van der Waals surface area contributed by atoms with E-state index < -0.39 is 0 Å². The first-order chi connectivity index (χ1) is 29.5. The van der Waals surface area contributed by atoms with Crippen molar-refractivity contribution in [3.05, 3.63) is 230 Å². The molecule has 3 heteroatoms. The van der Waals surface area contributed by atoms with E-state index in [0.29, 0.717) is 0 Å². The lowest BCUT2D eigenvalue weighted by Gasteiger charge is -2.30. The van der Waals surface area contributed by atoms with E-state index in [2.05, 4.69) is 242 Å². The number of hydrogen-bond donors (Lipinski definition) is 0. The van der Waals surface area contributed by atoms with Crippen LogP contribution in [-0.2, 0) is 5.41 Å². The van der Waals surface area contributed by atoms with Crippen molar-refractivity contribution in [3.63, 3.8) is 0 Å². The van der Waals surface area contributed by atoms with Crippen LogP contribution in [0.2, 0.25) is 0 Å². The molecule has 1 aliphatic rings. The Morgan fingerprint density at radius 1 is 0.350 bits per heavy atom. The summed E-state index contributed by atoms with van der Waals surface area (Å²) in [5.74, 6) is 0. The summed E-state index contributed by atoms with van der Waals surface area (Å²) in [4.78, 5) is 4.86. The molecule has 0 fully saturated rings. The number of fused-ring (bicyclic) bond motifs is 6. The number of hydrogen-bond acceptors (Lipinski definition) is 3. The maximum absolute atomic E-state index is 2.47. The first-order valence-electron chi connectivity index (χ1n) is 20.7. The molecule has 0 bridgehead atoms. The largest absolute Gasteiger partial charge is 0.310 e. The third kappa shape index (κ3) is 6.01. The maximum Gasteiger partial charge on any atom is 0.0718 e. The molecule has 0 saturated carbocycles. The SMILES string of the molecule is CC1(C)c2ccccc2-c2ccc(N(c3ccccc3)c3ccc(-c4ccc5c(sc6ccccc65)c4N(c4ccccc4)c4cccc(-c5ccccc5)c4)cc3)cc21. The smallest absolute Gasteiger partial charge is 0.0718 e. The molecule has 286 valence electrons. The van der Waals surface area contributed by atoms with Gasteiger partial charge < -0.3 is 9.80 Å². The third-order valence-corrected chi connectivity index (χ3v) is 13.4. The van der Waals surface area contributed by atoms with Crippen LogP contribution < -0.4 is 9.80 Å². The molecule has 11 rings (SSSR count). The first kappa shape index (κ1) is 35.9. The Hall–Kier alpha value is -7.20. The van der Waals surface area contributed by atoms with E-state index in [-0.39, 0.29) is 5.41 Å². The predicted molar refractivity (Wildman–Crippen MR) is 257 cm³/mol. The molecule has 0 aliphatic heterocycles. The van der Waals surface area contributed by atoms with Gasteiger partial charge in [-0.15, -0.1) is 11.3 Å². The lowest BCUT2D eigenvalue weighted by molar-refractivity contribution is 0.660. The second-order valence-electron chi connectivity index (χ2n) is 16.1. The second-order valence-corrected chi connectivity index (χ2v) is 17.2. The van der Waals surface area contributed by atoms with Gasteiger partial charge in [0.15, 0.2) is 0 Å². The molecule has 0 unspecified atom stereocenters. The molecule has 1 aromatic heterocycles. The molecule has 0 N–H and O–H groups in total. The summed E-state index contributed by atoms with van der Waals surface area (Å²) in [6, 6.07) is 79.7. The number of anilines is 6.